The quantitative estimate of drug-likeness (QED) is 0.481. The van der Waals surface area contributed by atoms with Crippen molar-refractivity contribution in [3.63, 3.8) is 0 Å². The third kappa shape index (κ3) is 5.31. The predicted molar refractivity (Wildman–Crippen MR) is 136 cm³/mol. The Balaban J connectivity index is 1.53. The summed E-state index contributed by atoms with van der Waals surface area (Å²) in [6.45, 7) is 4.14. The average Bonchev–Trinajstić information content (AvgIpc) is 3.35. The fourth-order valence-electron chi connectivity index (χ4n) is 4.01. The molecule has 0 spiro atoms. The molecule has 2 aliphatic rings. The largest absolute Gasteiger partial charge is 0.326 e. The highest BCUT2D eigenvalue weighted by Gasteiger charge is 2.43. The summed E-state index contributed by atoms with van der Waals surface area (Å²) in [6, 6.07) is 13.9. The van der Waals surface area contributed by atoms with Crippen LogP contribution in [0.25, 0.3) is 0 Å². The summed E-state index contributed by atoms with van der Waals surface area (Å²) in [6.07, 6.45) is 4.41. The van der Waals surface area contributed by atoms with Gasteiger partial charge >= 0.3 is 0 Å². The van der Waals surface area contributed by atoms with E-state index in [1.165, 1.54) is 22.9 Å². The third-order valence-electron chi connectivity index (χ3n) is 5.87. The van der Waals surface area contributed by atoms with Gasteiger partial charge in [0.2, 0.25) is 11.8 Å². The van der Waals surface area contributed by atoms with Gasteiger partial charge in [0.1, 0.15) is 5.25 Å². The number of amides is 2. The number of anilines is 1. The molecule has 2 aromatic rings. The molecule has 0 bridgehead atoms. The topological polar surface area (TPSA) is 61.8 Å². The van der Waals surface area contributed by atoms with Gasteiger partial charge in [-0.1, -0.05) is 30.7 Å². The normalized spacial score (nSPS) is 20.6. The number of carbonyl (C=O) groups is 2. The zero-order chi connectivity index (χ0) is 22.0. The van der Waals surface area contributed by atoms with Crippen molar-refractivity contribution in [2.75, 3.05) is 5.32 Å². The molecular formula is C24H26IN3O2S. The molecule has 1 saturated heterocycles. The van der Waals surface area contributed by atoms with Crippen LogP contribution in [0.4, 0.5) is 11.4 Å². The van der Waals surface area contributed by atoms with Gasteiger partial charge in [0.25, 0.3) is 0 Å². The van der Waals surface area contributed by atoms with Gasteiger partial charge < -0.3 is 5.32 Å². The summed E-state index contributed by atoms with van der Waals surface area (Å²) in [4.78, 5) is 32.6. The van der Waals surface area contributed by atoms with Crippen LogP contribution in [0.5, 0.6) is 0 Å². The van der Waals surface area contributed by atoms with Gasteiger partial charge in [-0.3, -0.25) is 14.5 Å². The number of hydrogen-bond acceptors (Lipinski definition) is 4. The van der Waals surface area contributed by atoms with Gasteiger partial charge in [-0.05, 0) is 96.8 Å². The van der Waals surface area contributed by atoms with Crippen molar-refractivity contribution in [3.8, 4) is 0 Å². The Labute approximate surface area is 201 Å². The first-order valence-electron chi connectivity index (χ1n) is 10.6. The van der Waals surface area contributed by atoms with Crippen LogP contribution in [0.1, 0.15) is 43.2 Å². The number of nitrogens with one attached hydrogen (secondary N) is 1. The van der Waals surface area contributed by atoms with E-state index < -0.39 is 5.25 Å². The van der Waals surface area contributed by atoms with E-state index in [1.54, 1.807) is 0 Å². The van der Waals surface area contributed by atoms with Crippen LogP contribution in [0.3, 0.4) is 0 Å². The Morgan fingerprint density at radius 2 is 1.84 bits per heavy atom. The second-order valence-corrected chi connectivity index (χ2v) is 10.6. The summed E-state index contributed by atoms with van der Waals surface area (Å²) in [5, 5.41) is 3.21. The standard InChI is InChI=1S/C24H26IN3O2S/c1-15-7-10-19(13-16(15)2)27-24-28(20-5-3-4-6-20)23(30)21(31-24)14-22(29)26-18-11-8-17(25)9-12-18/h7-13,20-21H,3-6,14H2,1-2H3,(H,26,29). The van der Waals surface area contributed by atoms with Crippen LogP contribution in [0, 0.1) is 17.4 Å². The van der Waals surface area contributed by atoms with E-state index >= 15 is 0 Å². The van der Waals surface area contributed by atoms with Gasteiger partial charge in [-0.15, -0.1) is 0 Å². The van der Waals surface area contributed by atoms with Crippen LogP contribution >= 0.6 is 34.4 Å². The molecule has 1 atom stereocenters. The number of aliphatic imine (C=N–C) groups is 1. The summed E-state index contributed by atoms with van der Waals surface area (Å²) in [5.74, 6) is -0.136. The van der Waals surface area contributed by atoms with Gasteiger partial charge in [-0.2, -0.15) is 0 Å². The molecule has 162 valence electrons. The highest BCUT2D eigenvalue weighted by atomic mass is 127. The van der Waals surface area contributed by atoms with Crippen molar-refractivity contribution in [2.45, 2.75) is 57.2 Å². The number of thioether (sulfide) groups is 1. The van der Waals surface area contributed by atoms with E-state index in [-0.39, 0.29) is 24.3 Å². The second kappa shape index (κ2) is 9.73. The van der Waals surface area contributed by atoms with E-state index in [4.69, 9.17) is 4.99 Å². The molecule has 1 unspecified atom stereocenters. The van der Waals surface area contributed by atoms with Crippen molar-refractivity contribution < 1.29 is 9.59 Å². The molecule has 31 heavy (non-hydrogen) atoms. The minimum absolute atomic E-state index is 0.0113. The van der Waals surface area contributed by atoms with E-state index in [2.05, 4.69) is 53.9 Å². The highest BCUT2D eigenvalue weighted by molar-refractivity contribution is 14.1. The molecule has 5 nitrogen and oxygen atoms in total. The molecule has 2 fully saturated rings. The molecule has 4 rings (SSSR count). The van der Waals surface area contributed by atoms with Crippen molar-refractivity contribution in [1.29, 1.82) is 0 Å². The predicted octanol–water partition coefficient (Wildman–Crippen LogP) is 5.81. The number of rotatable bonds is 5. The summed E-state index contributed by atoms with van der Waals surface area (Å²) >= 11 is 3.65. The van der Waals surface area contributed by atoms with Crippen LogP contribution in [-0.2, 0) is 9.59 Å². The maximum atomic E-state index is 13.3. The lowest BCUT2D eigenvalue weighted by molar-refractivity contribution is -0.129. The number of hydrogen-bond donors (Lipinski definition) is 1. The van der Waals surface area contributed by atoms with Crippen LogP contribution in [-0.4, -0.2) is 33.2 Å². The molecule has 1 heterocycles. The maximum Gasteiger partial charge on any atom is 0.242 e. The van der Waals surface area contributed by atoms with E-state index in [0.717, 1.165) is 45.8 Å². The molecule has 1 aliphatic heterocycles. The van der Waals surface area contributed by atoms with E-state index in [0.29, 0.717) is 0 Å². The van der Waals surface area contributed by atoms with E-state index in [1.807, 2.05) is 35.2 Å². The molecule has 1 aliphatic carbocycles. The fourth-order valence-corrected chi connectivity index (χ4v) is 5.58. The molecule has 0 radical (unpaired) electrons. The number of carbonyl (C=O) groups excluding carboxylic acids is 2. The minimum Gasteiger partial charge on any atom is -0.326 e. The molecule has 2 aromatic carbocycles. The number of aryl methyl sites for hydroxylation is 2. The summed E-state index contributed by atoms with van der Waals surface area (Å²) in [7, 11) is 0. The number of benzene rings is 2. The molecule has 2 amide bonds. The lowest BCUT2D eigenvalue weighted by atomic mass is 10.1. The molecule has 7 heteroatoms. The smallest absolute Gasteiger partial charge is 0.242 e. The Morgan fingerprint density at radius 1 is 1.13 bits per heavy atom. The minimum atomic E-state index is -0.435. The fraction of sp³-hybridized carbons (Fsp3) is 0.375. The lowest BCUT2D eigenvalue weighted by Gasteiger charge is -2.23. The Hall–Kier alpha value is -1.87. The first-order chi connectivity index (χ1) is 14.9. The second-order valence-electron chi connectivity index (χ2n) is 8.18. The Kier molecular flexibility index (Phi) is 7.01. The van der Waals surface area contributed by atoms with Crippen molar-refractivity contribution in [3.05, 3.63) is 57.2 Å². The lowest BCUT2D eigenvalue weighted by Crippen LogP contribution is -2.40. The Bertz CT molecular complexity index is 1020. The first-order valence-corrected chi connectivity index (χ1v) is 12.6. The number of halogens is 1. The van der Waals surface area contributed by atoms with Gasteiger partial charge in [-0.25, -0.2) is 4.99 Å². The summed E-state index contributed by atoms with van der Waals surface area (Å²) in [5.41, 5.74) is 4.00. The van der Waals surface area contributed by atoms with Gasteiger partial charge in [0, 0.05) is 21.7 Å². The van der Waals surface area contributed by atoms with Crippen molar-refractivity contribution in [1.82, 2.24) is 4.90 Å². The maximum absolute atomic E-state index is 13.3. The first kappa shape index (κ1) is 22.3. The van der Waals surface area contributed by atoms with Crippen LogP contribution in [0.2, 0.25) is 0 Å². The molecular weight excluding hydrogens is 521 g/mol. The molecule has 1 N–H and O–H groups in total. The number of nitrogens with zero attached hydrogens (tertiary/aromatic N) is 2. The zero-order valence-corrected chi connectivity index (χ0v) is 20.7. The average molecular weight is 547 g/mol. The van der Waals surface area contributed by atoms with Gasteiger partial charge in [0.15, 0.2) is 5.17 Å². The SMILES string of the molecule is Cc1ccc(N=C2SC(CC(=O)Nc3ccc(I)cc3)C(=O)N2C2CCCC2)cc1C. The third-order valence-corrected chi connectivity index (χ3v) is 7.74. The van der Waals surface area contributed by atoms with Crippen molar-refractivity contribution in [2.24, 2.45) is 4.99 Å². The molecule has 1 saturated carbocycles. The van der Waals surface area contributed by atoms with Crippen LogP contribution in [0.15, 0.2) is 47.5 Å². The van der Waals surface area contributed by atoms with Crippen LogP contribution < -0.4 is 5.32 Å². The summed E-state index contributed by atoms with van der Waals surface area (Å²) < 4.78 is 1.11. The highest BCUT2D eigenvalue weighted by Crippen LogP contribution is 2.37. The monoisotopic (exact) mass is 547 g/mol. The van der Waals surface area contributed by atoms with Gasteiger partial charge in [0.05, 0.1) is 5.69 Å². The number of amidine groups is 1. The zero-order valence-electron chi connectivity index (χ0n) is 17.7. The molecule has 0 aromatic heterocycles. The Morgan fingerprint density at radius 3 is 2.52 bits per heavy atom. The van der Waals surface area contributed by atoms with E-state index in [9.17, 15) is 9.59 Å². The van der Waals surface area contributed by atoms with Crippen molar-refractivity contribution >= 4 is 62.7 Å².